The smallest absolute Gasteiger partial charge is 0.410 e. The van der Waals surface area contributed by atoms with E-state index in [1.165, 1.54) is 0 Å². The molecule has 0 N–H and O–H groups in total. The van der Waals surface area contributed by atoms with Gasteiger partial charge in [0.2, 0.25) is 0 Å². The molecule has 0 spiro atoms. The number of carbonyl (C=O) groups is 2. The average molecular weight is 241 g/mol. The predicted molar refractivity (Wildman–Crippen MR) is 65.8 cm³/mol. The van der Waals surface area contributed by atoms with E-state index in [1.54, 1.807) is 11.8 Å². The van der Waals surface area contributed by atoms with Gasteiger partial charge in [-0.2, -0.15) is 0 Å². The largest absolute Gasteiger partial charge is 0.444 e. The third-order valence-corrected chi connectivity index (χ3v) is 2.75. The van der Waals surface area contributed by atoms with Gasteiger partial charge in [0, 0.05) is 19.5 Å². The Balaban J connectivity index is 2.49. The van der Waals surface area contributed by atoms with Crippen LogP contribution in [-0.4, -0.2) is 35.5 Å². The number of nitrogens with zero attached hydrogens (tertiary/aromatic N) is 1. The highest BCUT2D eigenvalue weighted by atomic mass is 16.6. The molecular weight excluding hydrogens is 218 g/mol. The SMILES string of the molecule is CC(=O)C[C@@H]1CCCN(C(=O)OC(C)(C)C)C1. The molecule has 0 bridgehead atoms. The van der Waals surface area contributed by atoms with Gasteiger partial charge in [-0.1, -0.05) is 0 Å². The van der Waals surface area contributed by atoms with Crippen molar-refractivity contribution in [3.63, 3.8) is 0 Å². The van der Waals surface area contributed by atoms with Crippen molar-refractivity contribution in [2.75, 3.05) is 13.1 Å². The van der Waals surface area contributed by atoms with E-state index in [0.29, 0.717) is 18.9 Å². The van der Waals surface area contributed by atoms with Crippen molar-refractivity contribution in [2.24, 2.45) is 5.92 Å². The van der Waals surface area contributed by atoms with Crippen LogP contribution in [0.3, 0.4) is 0 Å². The zero-order chi connectivity index (χ0) is 13.1. The van der Waals surface area contributed by atoms with Gasteiger partial charge < -0.3 is 14.4 Å². The maximum absolute atomic E-state index is 11.9. The number of piperidine rings is 1. The summed E-state index contributed by atoms with van der Waals surface area (Å²) in [7, 11) is 0. The fourth-order valence-corrected chi connectivity index (χ4v) is 2.13. The summed E-state index contributed by atoms with van der Waals surface area (Å²) in [5, 5.41) is 0. The van der Waals surface area contributed by atoms with Crippen LogP contribution in [0.15, 0.2) is 0 Å². The van der Waals surface area contributed by atoms with Gasteiger partial charge in [0.1, 0.15) is 11.4 Å². The summed E-state index contributed by atoms with van der Waals surface area (Å²) in [5.74, 6) is 0.495. The molecule has 0 radical (unpaired) electrons. The Bertz CT molecular complexity index is 294. The van der Waals surface area contributed by atoms with Crippen molar-refractivity contribution in [2.45, 2.75) is 52.6 Å². The van der Waals surface area contributed by atoms with E-state index in [9.17, 15) is 9.59 Å². The topological polar surface area (TPSA) is 46.6 Å². The van der Waals surface area contributed by atoms with E-state index in [4.69, 9.17) is 4.74 Å². The standard InChI is InChI=1S/C13H23NO3/c1-10(15)8-11-6-5-7-14(9-11)12(16)17-13(2,3)4/h11H,5-9H2,1-4H3/t11-/m0/s1. The lowest BCUT2D eigenvalue weighted by molar-refractivity contribution is -0.118. The van der Waals surface area contributed by atoms with E-state index in [1.807, 2.05) is 20.8 Å². The number of likely N-dealkylation sites (tertiary alicyclic amines) is 1. The molecule has 0 saturated carbocycles. The Morgan fingerprint density at radius 2 is 2.00 bits per heavy atom. The summed E-state index contributed by atoms with van der Waals surface area (Å²) < 4.78 is 5.33. The number of hydrogen-bond donors (Lipinski definition) is 0. The minimum absolute atomic E-state index is 0.195. The highest BCUT2D eigenvalue weighted by Crippen LogP contribution is 2.21. The van der Waals surface area contributed by atoms with Crippen molar-refractivity contribution < 1.29 is 14.3 Å². The molecule has 1 fully saturated rings. The molecule has 17 heavy (non-hydrogen) atoms. The molecule has 4 heteroatoms. The Hall–Kier alpha value is -1.06. The third-order valence-electron chi connectivity index (χ3n) is 2.75. The van der Waals surface area contributed by atoms with Crippen LogP contribution in [0.1, 0.15) is 47.0 Å². The normalized spacial score (nSPS) is 21.2. The van der Waals surface area contributed by atoms with Gasteiger partial charge in [0.15, 0.2) is 0 Å². The molecular formula is C13H23NO3. The highest BCUT2D eigenvalue weighted by molar-refractivity contribution is 5.76. The quantitative estimate of drug-likeness (QED) is 0.746. The Morgan fingerprint density at radius 1 is 1.35 bits per heavy atom. The van der Waals surface area contributed by atoms with Gasteiger partial charge in [0.05, 0.1) is 0 Å². The van der Waals surface area contributed by atoms with Crippen LogP contribution >= 0.6 is 0 Å². The number of hydrogen-bond acceptors (Lipinski definition) is 3. The fraction of sp³-hybridized carbons (Fsp3) is 0.846. The Kier molecular flexibility index (Phi) is 4.54. The first-order valence-electron chi connectivity index (χ1n) is 6.25. The first-order chi connectivity index (χ1) is 7.78. The zero-order valence-corrected chi connectivity index (χ0v) is 11.3. The zero-order valence-electron chi connectivity index (χ0n) is 11.3. The molecule has 0 aromatic rings. The van der Waals surface area contributed by atoms with Crippen LogP contribution in [0.25, 0.3) is 0 Å². The third kappa shape index (κ3) is 5.20. The van der Waals surface area contributed by atoms with Crippen molar-refractivity contribution in [3.05, 3.63) is 0 Å². The molecule has 0 aromatic carbocycles. The van der Waals surface area contributed by atoms with Crippen LogP contribution < -0.4 is 0 Å². The van der Waals surface area contributed by atoms with Gasteiger partial charge in [-0.15, -0.1) is 0 Å². The number of amides is 1. The summed E-state index contributed by atoms with van der Waals surface area (Å²) >= 11 is 0. The second-order valence-electron chi connectivity index (χ2n) is 5.84. The minimum Gasteiger partial charge on any atom is -0.444 e. The van der Waals surface area contributed by atoms with E-state index in [-0.39, 0.29) is 11.9 Å². The first-order valence-corrected chi connectivity index (χ1v) is 6.25. The number of rotatable bonds is 2. The van der Waals surface area contributed by atoms with Gasteiger partial charge in [-0.3, -0.25) is 0 Å². The number of Topliss-reactive ketones (excluding diaryl/α,β-unsaturated/α-hetero) is 1. The molecule has 1 saturated heterocycles. The summed E-state index contributed by atoms with van der Waals surface area (Å²) in [4.78, 5) is 24.7. The van der Waals surface area contributed by atoms with Crippen LogP contribution in [-0.2, 0) is 9.53 Å². The van der Waals surface area contributed by atoms with E-state index < -0.39 is 5.60 Å². The molecule has 0 aliphatic carbocycles. The van der Waals surface area contributed by atoms with E-state index in [0.717, 1.165) is 19.4 Å². The summed E-state index contributed by atoms with van der Waals surface area (Å²) in [6.45, 7) is 8.58. The van der Waals surface area contributed by atoms with Crippen molar-refractivity contribution in [1.82, 2.24) is 4.90 Å². The van der Waals surface area contributed by atoms with Crippen molar-refractivity contribution in [3.8, 4) is 0 Å². The number of ether oxygens (including phenoxy) is 1. The Morgan fingerprint density at radius 3 is 2.53 bits per heavy atom. The van der Waals surface area contributed by atoms with Gasteiger partial charge in [-0.25, -0.2) is 4.79 Å². The lowest BCUT2D eigenvalue weighted by Gasteiger charge is -2.33. The van der Waals surface area contributed by atoms with E-state index >= 15 is 0 Å². The average Bonchev–Trinajstić information content (AvgIpc) is 2.14. The lowest BCUT2D eigenvalue weighted by atomic mass is 9.93. The van der Waals surface area contributed by atoms with Crippen LogP contribution in [0, 0.1) is 5.92 Å². The first kappa shape index (κ1) is 14.0. The molecule has 0 unspecified atom stereocenters. The maximum Gasteiger partial charge on any atom is 0.410 e. The van der Waals surface area contributed by atoms with Crippen molar-refractivity contribution in [1.29, 1.82) is 0 Å². The highest BCUT2D eigenvalue weighted by Gasteiger charge is 2.27. The molecule has 1 amide bonds. The summed E-state index contributed by atoms with van der Waals surface area (Å²) in [5.41, 5.74) is -0.454. The molecule has 4 nitrogen and oxygen atoms in total. The summed E-state index contributed by atoms with van der Waals surface area (Å²) in [6, 6.07) is 0. The van der Waals surface area contributed by atoms with Crippen LogP contribution in [0.5, 0.6) is 0 Å². The lowest BCUT2D eigenvalue weighted by Crippen LogP contribution is -2.43. The molecule has 1 heterocycles. The minimum atomic E-state index is -0.454. The molecule has 1 rings (SSSR count). The van der Waals surface area contributed by atoms with Gasteiger partial charge in [-0.05, 0) is 46.5 Å². The van der Waals surface area contributed by atoms with Crippen molar-refractivity contribution >= 4 is 11.9 Å². The molecule has 1 aliphatic rings. The fourth-order valence-electron chi connectivity index (χ4n) is 2.13. The number of carbonyl (C=O) groups excluding carboxylic acids is 2. The number of ketones is 1. The van der Waals surface area contributed by atoms with Gasteiger partial charge >= 0.3 is 6.09 Å². The van der Waals surface area contributed by atoms with E-state index in [2.05, 4.69) is 0 Å². The molecule has 98 valence electrons. The van der Waals surface area contributed by atoms with Gasteiger partial charge in [0.25, 0.3) is 0 Å². The molecule has 1 atom stereocenters. The second-order valence-corrected chi connectivity index (χ2v) is 5.84. The Labute approximate surface area is 103 Å². The maximum atomic E-state index is 11.9. The molecule has 1 aliphatic heterocycles. The summed E-state index contributed by atoms with van der Waals surface area (Å²) in [6.07, 6.45) is 2.29. The molecule has 0 aromatic heterocycles. The van der Waals surface area contributed by atoms with Crippen LogP contribution in [0.4, 0.5) is 4.79 Å². The second kappa shape index (κ2) is 5.52. The predicted octanol–water partition coefficient (Wildman–Crippen LogP) is 2.61. The monoisotopic (exact) mass is 241 g/mol. The van der Waals surface area contributed by atoms with Crippen LogP contribution in [0.2, 0.25) is 0 Å².